The summed E-state index contributed by atoms with van der Waals surface area (Å²) in [6.45, 7) is 1.91. The van der Waals surface area contributed by atoms with Gasteiger partial charge in [-0.05, 0) is 42.4 Å². The van der Waals surface area contributed by atoms with Gasteiger partial charge >= 0.3 is 5.97 Å². The van der Waals surface area contributed by atoms with Crippen LogP contribution in [0.5, 0.6) is 0 Å². The van der Waals surface area contributed by atoms with Gasteiger partial charge in [-0.2, -0.15) is 4.98 Å². The Labute approximate surface area is 136 Å². The monoisotopic (exact) mass is 326 g/mol. The highest BCUT2D eigenvalue weighted by Gasteiger charge is 2.17. The van der Waals surface area contributed by atoms with Gasteiger partial charge in [-0.25, -0.2) is 4.79 Å². The van der Waals surface area contributed by atoms with E-state index in [1.165, 1.54) is 0 Å². The van der Waals surface area contributed by atoms with Crippen LogP contribution in [0.25, 0.3) is 11.5 Å². The standard InChI is InChI=1S/C16H14N4O4/c1-2-23-16(22)13-19-15(24-20-13)10-5-3-6-11(9-10)18-14(21)12-7-4-8-17-12/h3-9,17H,2H2,1H3,(H,18,21). The zero-order chi connectivity index (χ0) is 16.9. The van der Waals surface area contributed by atoms with E-state index in [4.69, 9.17) is 9.26 Å². The predicted octanol–water partition coefficient (Wildman–Crippen LogP) is 2.49. The van der Waals surface area contributed by atoms with Gasteiger partial charge in [0.2, 0.25) is 0 Å². The molecule has 8 nitrogen and oxygen atoms in total. The molecule has 2 aromatic heterocycles. The van der Waals surface area contributed by atoms with Gasteiger partial charge < -0.3 is 19.6 Å². The van der Waals surface area contributed by atoms with Crippen LogP contribution in [-0.2, 0) is 4.74 Å². The molecule has 2 N–H and O–H groups in total. The molecule has 0 saturated carbocycles. The summed E-state index contributed by atoms with van der Waals surface area (Å²) in [5.74, 6) is -0.903. The third-order valence-electron chi connectivity index (χ3n) is 3.09. The molecular formula is C16H14N4O4. The molecule has 0 unspecified atom stereocenters. The van der Waals surface area contributed by atoms with Crippen molar-refractivity contribution in [1.29, 1.82) is 0 Å². The summed E-state index contributed by atoms with van der Waals surface area (Å²) < 4.78 is 9.88. The molecule has 0 spiro atoms. The van der Waals surface area contributed by atoms with Crippen LogP contribution < -0.4 is 5.32 Å². The summed E-state index contributed by atoms with van der Waals surface area (Å²) in [5, 5.41) is 6.34. The summed E-state index contributed by atoms with van der Waals surface area (Å²) >= 11 is 0. The second-order valence-corrected chi connectivity index (χ2v) is 4.76. The molecule has 3 aromatic rings. The number of esters is 1. The van der Waals surface area contributed by atoms with Crippen molar-refractivity contribution >= 4 is 17.6 Å². The molecule has 0 radical (unpaired) electrons. The van der Waals surface area contributed by atoms with Crippen LogP contribution in [0, 0.1) is 0 Å². The van der Waals surface area contributed by atoms with E-state index in [0.717, 1.165) is 0 Å². The minimum Gasteiger partial charge on any atom is -0.460 e. The Morgan fingerprint density at radius 3 is 2.92 bits per heavy atom. The number of ether oxygens (including phenoxy) is 1. The lowest BCUT2D eigenvalue weighted by atomic mass is 10.2. The normalized spacial score (nSPS) is 10.4. The van der Waals surface area contributed by atoms with E-state index in [1.54, 1.807) is 49.5 Å². The van der Waals surface area contributed by atoms with Crippen LogP contribution in [0.1, 0.15) is 28.0 Å². The summed E-state index contributed by atoms with van der Waals surface area (Å²) in [7, 11) is 0. The number of rotatable bonds is 5. The highest BCUT2D eigenvalue weighted by Crippen LogP contribution is 2.21. The summed E-state index contributed by atoms with van der Waals surface area (Å²) in [6.07, 6.45) is 1.67. The van der Waals surface area contributed by atoms with Crippen LogP contribution >= 0.6 is 0 Å². The van der Waals surface area contributed by atoms with Gasteiger partial charge in [0, 0.05) is 17.4 Å². The number of aromatic amines is 1. The zero-order valence-corrected chi connectivity index (χ0v) is 12.8. The molecule has 2 heterocycles. The van der Waals surface area contributed by atoms with Crippen molar-refractivity contribution in [2.45, 2.75) is 6.92 Å². The van der Waals surface area contributed by atoms with E-state index in [-0.39, 0.29) is 24.2 Å². The Bertz CT molecular complexity index is 855. The number of carbonyl (C=O) groups is 2. The van der Waals surface area contributed by atoms with Crippen molar-refractivity contribution in [2.75, 3.05) is 11.9 Å². The number of benzene rings is 1. The van der Waals surface area contributed by atoms with Gasteiger partial charge in [-0.1, -0.05) is 6.07 Å². The van der Waals surface area contributed by atoms with Crippen molar-refractivity contribution in [2.24, 2.45) is 0 Å². The Balaban J connectivity index is 1.78. The number of H-pyrrole nitrogens is 1. The average molecular weight is 326 g/mol. The van der Waals surface area contributed by atoms with Crippen molar-refractivity contribution < 1.29 is 18.8 Å². The maximum absolute atomic E-state index is 12.0. The molecular weight excluding hydrogens is 312 g/mol. The summed E-state index contributed by atoms with van der Waals surface area (Å²) in [6, 6.07) is 10.3. The quantitative estimate of drug-likeness (QED) is 0.697. The van der Waals surface area contributed by atoms with E-state index in [2.05, 4.69) is 20.4 Å². The number of aromatic nitrogens is 3. The molecule has 3 rings (SSSR count). The zero-order valence-electron chi connectivity index (χ0n) is 12.8. The van der Waals surface area contributed by atoms with Crippen LogP contribution in [0.4, 0.5) is 5.69 Å². The Kier molecular flexibility index (Phi) is 4.37. The topological polar surface area (TPSA) is 110 Å². The van der Waals surface area contributed by atoms with Crippen molar-refractivity contribution in [3.63, 3.8) is 0 Å². The van der Waals surface area contributed by atoms with Gasteiger partial charge in [0.1, 0.15) is 5.69 Å². The van der Waals surface area contributed by atoms with E-state index in [1.807, 2.05) is 0 Å². The van der Waals surface area contributed by atoms with Gasteiger partial charge in [0.05, 0.1) is 6.61 Å². The van der Waals surface area contributed by atoms with E-state index >= 15 is 0 Å². The maximum atomic E-state index is 12.0. The van der Waals surface area contributed by atoms with Crippen molar-refractivity contribution in [3.8, 4) is 11.5 Å². The summed E-state index contributed by atoms with van der Waals surface area (Å²) in [5.41, 5.74) is 1.58. The number of anilines is 1. The fraction of sp³-hybridized carbons (Fsp3) is 0.125. The molecule has 24 heavy (non-hydrogen) atoms. The fourth-order valence-electron chi connectivity index (χ4n) is 2.02. The minimum absolute atomic E-state index is 0.146. The molecule has 1 amide bonds. The fourth-order valence-corrected chi connectivity index (χ4v) is 2.02. The largest absolute Gasteiger partial charge is 0.460 e. The second kappa shape index (κ2) is 6.78. The highest BCUT2D eigenvalue weighted by atomic mass is 16.5. The average Bonchev–Trinajstić information content (AvgIpc) is 3.27. The third-order valence-corrected chi connectivity index (χ3v) is 3.09. The Morgan fingerprint density at radius 2 is 2.17 bits per heavy atom. The number of amides is 1. The predicted molar refractivity (Wildman–Crippen MR) is 84.4 cm³/mol. The molecule has 0 bridgehead atoms. The SMILES string of the molecule is CCOC(=O)c1noc(-c2cccc(NC(=O)c3ccc[nH]3)c2)n1. The first-order valence-corrected chi connectivity index (χ1v) is 7.23. The number of hydrogen-bond acceptors (Lipinski definition) is 6. The summed E-state index contributed by atoms with van der Waals surface area (Å²) in [4.78, 5) is 30.4. The van der Waals surface area contributed by atoms with Crippen LogP contribution in [0.15, 0.2) is 47.1 Å². The first-order valence-electron chi connectivity index (χ1n) is 7.23. The molecule has 0 saturated heterocycles. The molecule has 0 aliphatic carbocycles. The minimum atomic E-state index is -0.649. The van der Waals surface area contributed by atoms with Gasteiger partial charge in [-0.3, -0.25) is 4.79 Å². The molecule has 0 aliphatic heterocycles. The Hall–Kier alpha value is -3.42. The lowest BCUT2D eigenvalue weighted by Crippen LogP contribution is -2.12. The molecule has 0 aliphatic rings. The van der Waals surface area contributed by atoms with Crippen molar-refractivity contribution in [3.05, 3.63) is 54.1 Å². The number of hydrogen-bond donors (Lipinski definition) is 2. The molecule has 122 valence electrons. The number of nitrogens with zero attached hydrogens (tertiary/aromatic N) is 2. The lowest BCUT2D eigenvalue weighted by molar-refractivity contribution is 0.0508. The highest BCUT2D eigenvalue weighted by molar-refractivity contribution is 6.03. The van der Waals surface area contributed by atoms with Gasteiger partial charge in [-0.15, -0.1) is 0 Å². The number of carbonyl (C=O) groups excluding carboxylic acids is 2. The van der Waals surface area contributed by atoms with Gasteiger partial charge in [0.25, 0.3) is 17.6 Å². The van der Waals surface area contributed by atoms with Crippen molar-refractivity contribution in [1.82, 2.24) is 15.1 Å². The first kappa shape index (κ1) is 15.5. The Morgan fingerprint density at radius 1 is 1.29 bits per heavy atom. The lowest BCUT2D eigenvalue weighted by Gasteiger charge is -2.04. The smallest absolute Gasteiger partial charge is 0.379 e. The molecule has 0 fully saturated rings. The maximum Gasteiger partial charge on any atom is 0.379 e. The second-order valence-electron chi connectivity index (χ2n) is 4.76. The van der Waals surface area contributed by atoms with E-state index in [9.17, 15) is 9.59 Å². The van der Waals surface area contributed by atoms with Gasteiger partial charge in [0.15, 0.2) is 0 Å². The number of nitrogens with one attached hydrogen (secondary N) is 2. The third kappa shape index (κ3) is 3.32. The first-order chi connectivity index (χ1) is 11.7. The molecule has 8 heteroatoms. The van der Waals surface area contributed by atoms with E-state index in [0.29, 0.717) is 16.9 Å². The molecule has 0 atom stereocenters. The van der Waals surface area contributed by atoms with Crippen LogP contribution in [0.3, 0.4) is 0 Å². The van der Waals surface area contributed by atoms with Crippen LogP contribution in [-0.4, -0.2) is 33.6 Å². The van der Waals surface area contributed by atoms with Crippen LogP contribution in [0.2, 0.25) is 0 Å². The van der Waals surface area contributed by atoms with E-state index < -0.39 is 5.97 Å². The molecule has 1 aromatic carbocycles.